The van der Waals surface area contributed by atoms with Gasteiger partial charge in [0.05, 0.1) is 26.3 Å². The molecule has 0 unspecified atom stereocenters. The third kappa shape index (κ3) is 4.32. The topological polar surface area (TPSA) is 80.1 Å². The third-order valence-electron chi connectivity index (χ3n) is 2.84. The van der Waals surface area contributed by atoms with Crippen LogP contribution in [0.25, 0.3) is 0 Å². The van der Waals surface area contributed by atoms with Crippen LogP contribution in [0.5, 0.6) is 0 Å². The van der Waals surface area contributed by atoms with E-state index in [9.17, 15) is 13.2 Å². The van der Waals surface area contributed by atoms with Gasteiger partial charge in [-0.25, -0.2) is 0 Å². The maximum atomic E-state index is 12.3. The molecule has 0 atom stereocenters. The fourth-order valence-electron chi connectivity index (χ4n) is 1.60. The summed E-state index contributed by atoms with van der Waals surface area (Å²) in [5.41, 5.74) is 0. The molecular formula is C12H20N2O5S. The fourth-order valence-corrected chi connectivity index (χ4v) is 2.93. The van der Waals surface area contributed by atoms with Crippen LogP contribution in [0.3, 0.4) is 0 Å². The van der Waals surface area contributed by atoms with Crippen molar-refractivity contribution in [3.63, 3.8) is 0 Å². The maximum Gasteiger partial charge on any atom is 0.306 e. The Kier molecular flexibility index (Phi) is 6.18. The summed E-state index contributed by atoms with van der Waals surface area (Å²) >= 11 is 0. The third-order valence-corrected chi connectivity index (χ3v) is 4.85. The van der Waals surface area contributed by atoms with Gasteiger partial charge in [-0.1, -0.05) is 6.92 Å². The van der Waals surface area contributed by atoms with Gasteiger partial charge in [0, 0.05) is 20.1 Å². The lowest BCUT2D eigenvalue weighted by Gasteiger charge is -2.25. The summed E-state index contributed by atoms with van der Waals surface area (Å²) in [6.45, 7) is 2.29. The number of hydrogen-bond acceptors (Lipinski definition) is 5. The van der Waals surface area contributed by atoms with Gasteiger partial charge >= 0.3 is 5.97 Å². The van der Waals surface area contributed by atoms with Gasteiger partial charge in [-0.2, -0.15) is 17.0 Å². The molecule has 0 N–H and O–H groups in total. The summed E-state index contributed by atoms with van der Waals surface area (Å²) in [6.07, 6.45) is 1.52. The highest BCUT2D eigenvalue weighted by Crippen LogP contribution is 2.12. The van der Waals surface area contributed by atoms with Crippen molar-refractivity contribution >= 4 is 16.2 Å². The van der Waals surface area contributed by atoms with Gasteiger partial charge in [-0.15, -0.1) is 0 Å². The summed E-state index contributed by atoms with van der Waals surface area (Å²) in [5.74, 6) is 0.123. The van der Waals surface area contributed by atoms with E-state index in [2.05, 4.69) is 4.74 Å². The molecule has 0 aliphatic carbocycles. The SMILES string of the molecule is CCN(Cc1ccco1)S(=O)(=O)N(C)CCC(=O)OC. The zero-order valence-electron chi connectivity index (χ0n) is 11.9. The Morgan fingerprint density at radius 3 is 2.65 bits per heavy atom. The van der Waals surface area contributed by atoms with E-state index in [0.717, 1.165) is 4.31 Å². The average Bonchev–Trinajstić information content (AvgIpc) is 2.94. The van der Waals surface area contributed by atoms with E-state index in [1.807, 2.05) is 0 Å². The lowest BCUT2D eigenvalue weighted by molar-refractivity contribution is -0.140. The van der Waals surface area contributed by atoms with Crippen molar-refractivity contribution in [2.45, 2.75) is 19.9 Å². The second kappa shape index (κ2) is 7.41. The van der Waals surface area contributed by atoms with Gasteiger partial charge < -0.3 is 9.15 Å². The molecule has 0 aliphatic heterocycles. The van der Waals surface area contributed by atoms with Crippen LogP contribution in [-0.2, 0) is 26.3 Å². The molecule has 0 amide bonds. The minimum Gasteiger partial charge on any atom is -0.469 e. The number of methoxy groups -OCH3 is 1. The van der Waals surface area contributed by atoms with Crippen molar-refractivity contribution in [2.75, 3.05) is 27.2 Å². The van der Waals surface area contributed by atoms with Crippen LogP contribution in [0.1, 0.15) is 19.1 Å². The quantitative estimate of drug-likeness (QED) is 0.665. The van der Waals surface area contributed by atoms with Crippen LogP contribution < -0.4 is 0 Å². The Labute approximate surface area is 119 Å². The molecule has 114 valence electrons. The molecule has 1 aromatic heterocycles. The second-order valence-corrected chi connectivity index (χ2v) is 6.20. The van der Waals surface area contributed by atoms with Crippen LogP contribution in [-0.4, -0.2) is 50.2 Å². The first-order valence-corrected chi connectivity index (χ1v) is 7.62. The Bertz CT molecular complexity index is 512. The Balaban J connectivity index is 2.70. The molecule has 0 radical (unpaired) electrons. The van der Waals surface area contributed by atoms with E-state index in [0.29, 0.717) is 12.3 Å². The van der Waals surface area contributed by atoms with Gasteiger partial charge in [0.2, 0.25) is 0 Å². The fraction of sp³-hybridized carbons (Fsp3) is 0.583. The zero-order valence-corrected chi connectivity index (χ0v) is 12.7. The summed E-state index contributed by atoms with van der Waals surface area (Å²) in [5, 5.41) is 0. The van der Waals surface area contributed by atoms with E-state index in [1.54, 1.807) is 19.1 Å². The molecule has 0 saturated carbocycles. The number of carbonyl (C=O) groups excluding carboxylic acids is 1. The van der Waals surface area contributed by atoms with Crippen LogP contribution in [0.4, 0.5) is 0 Å². The van der Waals surface area contributed by atoms with Crippen molar-refractivity contribution in [3.05, 3.63) is 24.2 Å². The maximum absolute atomic E-state index is 12.3. The Morgan fingerprint density at radius 1 is 1.45 bits per heavy atom. The van der Waals surface area contributed by atoms with Crippen molar-refractivity contribution in [1.82, 2.24) is 8.61 Å². The van der Waals surface area contributed by atoms with Crippen LogP contribution in [0.15, 0.2) is 22.8 Å². The molecule has 7 nitrogen and oxygen atoms in total. The number of rotatable bonds is 8. The zero-order chi connectivity index (χ0) is 15.2. The minimum absolute atomic E-state index is 0.0184. The molecule has 1 aromatic rings. The van der Waals surface area contributed by atoms with Crippen LogP contribution in [0.2, 0.25) is 0 Å². The molecule has 0 aromatic carbocycles. The minimum atomic E-state index is -3.63. The number of hydrogen-bond donors (Lipinski definition) is 0. The van der Waals surface area contributed by atoms with E-state index in [1.165, 1.54) is 24.7 Å². The second-order valence-electron chi connectivity index (χ2n) is 4.16. The van der Waals surface area contributed by atoms with E-state index in [-0.39, 0.29) is 19.5 Å². The Hall–Kier alpha value is -1.38. The first-order chi connectivity index (χ1) is 9.41. The standard InChI is InChI=1S/C12H20N2O5S/c1-4-14(10-11-6-5-9-19-11)20(16,17)13(2)8-7-12(15)18-3/h5-6,9H,4,7-8,10H2,1-3H3. The predicted molar refractivity (Wildman–Crippen MR) is 73.0 cm³/mol. The summed E-state index contributed by atoms with van der Waals surface area (Å²) in [7, 11) is -0.929. The van der Waals surface area contributed by atoms with Crippen LogP contribution >= 0.6 is 0 Å². The summed E-state index contributed by atoms with van der Waals surface area (Å²) in [4.78, 5) is 11.1. The molecule has 20 heavy (non-hydrogen) atoms. The molecule has 0 spiro atoms. The van der Waals surface area contributed by atoms with E-state index < -0.39 is 16.2 Å². The molecule has 0 aliphatic rings. The number of furan rings is 1. The number of carbonyl (C=O) groups is 1. The average molecular weight is 304 g/mol. The number of nitrogens with zero attached hydrogens (tertiary/aromatic N) is 2. The largest absolute Gasteiger partial charge is 0.469 e. The van der Waals surface area contributed by atoms with Gasteiger partial charge in [-0.05, 0) is 12.1 Å². The monoisotopic (exact) mass is 304 g/mol. The van der Waals surface area contributed by atoms with Crippen molar-refractivity contribution in [1.29, 1.82) is 0 Å². The summed E-state index contributed by atoms with van der Waals surface area (Å²) < 4.78 is 36.8. The Morgan fingerprint density at radius 2 is 2.15 bits per heavy atom. The highest BCUT2D eigenvalue weighted by molar-refractivity contribution is 7.86. The van der Waals surface area contributed by atoms with Crippen molar-refractivity contribution < 1.29 is 22.4 Å². The summed E-state index contributed by atoms with van der Waals surface area (Å²) in [6, 6.07) is 3.42. The van der Waals surface area contributed by atoms with Gasteiger partial charge in [0.15, 0.2) is 0 Å². The van der Waals surface area contributed by atoms with Crippen molar-refractivity contribution in [3.8, 4) is 0 Å². The molecule has 1 rings (SSSR count). The van der Waals surface area contributed by atoms with E-state index >= 15 is 0 Å². The van der Waals surface area contributed by atoms with Gasteiger partial charge in [0.25, 0.3) is 10.2 Å². The highest BCUT2D eigenvalue weighted by atomic mass is 32.2. The number of ether oxygens (including phenoxy) is 1. The predicted octanol–water partition coefficient (Wildman–Crippen LogP) is 0.841. The van der Waals surface area contributed by atoms with Crippen molar-refractivity contribution in [2.24, 2.45) is 0 Å². The molecule has 0 saturated heterocycles. The highest BCUT2D eigenvalue weighted by Gasteiger charge is 2.26. The van der Waals surface area contributed by atoms with Gasteiger partial charge in [-0.3, -0.25) is 4.79 Å². The van der Waals surface area contributed by atoms with E-state index in [4.69, 9.17) is 4.42 Å². The molecule has 8 heteroatoms. The lowest BCUT2D eigenvalue weighted by atomic mass is 10.4. The first-order valence-electron chi connectivity index (χ1n) is 6.22. The molecule has 0 bridgehead atoms. The molecular weight excluding hydrogens is 284 g/mol. The smallest absolute Gasteiger partial charge is 0.306 e. The normalized spacial score (nSPS) is 12.1. The lowest BCUT2D eigenvalue weighted by Crippen LogP contribution is -2.42. The number of esters is 1. The van der Waals surface area contributed by atoms with Crippen LogP contribution in [0, 0.1) is 0 Å². The molecule has 0 fully saturated rings. The first kappa shape index (κ1) is 16.7. The molecule has 1 heterocycles. The van der Waals surface area contributed by atoms with Gasteiger partial charge in [0.1, 0.15) is 5.76 Å².